The van der Waals surface area contributed by atoms with E-state index in [2.05, 4.69) is 38.7 Å². The minimum absolute atomic E-state index is 0.0568. The number of carbonyl (C=O) groups is 3. The number of amides is 1. The van der Waals surface area contributed by atoms with Gasteiger partial charge in [-0.3, -0.25) is 14.9 Å². The summed E-state index contributed by atoms with van der Waals surface area (Å²) in [5.41, 5.74) is 2.91. The van der Waals surface area contributed by atoms with Gasteiger partial charge in [-0.1, -0.05) is 48.2 Å². The number of fused-ring (bicyclic) bond motifs is 1. The summed E-state index contributed by atoms with van der Waals surface area (Å²) in [4.78, 5) is 44.8. The van der Waals surface area contributed by atoms with Crippen LogP contribution >= 0.6 is 11.8 Å². The highest BCUT2D eigenvalue weighted by atomic mass is 32.2. The van der Waals surface area contributed by atoms with Gasteiger partial charge in [-0.15, -0.1) is 6.58 Å². The van der Waals surface area contributed by atoms with Gasteiger partial charge in [0.15, 0.2) is 11.5 Å². The number of methoxy groups -OCH3 is 3. The van der Waals surface area contributed by atoms with Crippen LogP contribution in [0.5, 0.6) is 5.75 Å². The molecule has 0 saturated carbocycles. The molecule has 214 valence electrons. The standard InChI is InChI=1S/C17H16O4.C15H13N3O2S/c1-4-13(11-5-7-12(20-2)8-6-11)14-9-16(19)17(21-3)10-15(14)18;1-20-15(19)18-14-16-12-8-7-11(9-13(12)17-14)21-10-5-3-2-4-6-10/h4-10,13H,1H2,2-3H3;2-9H,1H3,(H2,16,17,18,19). The first kappa shape index (κ1) is 29.9. The Morgan fingerprint density at radius 3 is 2.31 bits per heavy atom. The number of imidazole rings is 1. The first-order chi connectivity index (χ1) is 20.3. The van der Waals surface area contributed by atoms with Crippen LogP contribution in [0.25, 0.3) is 11.0 Å². The molecule has 9 nitrogen and oxygen atoms in total. The fourth-order valence-electron chi connectivity index (χ4n) is 4.10. The second-order valence-corrected chi connectivity index (χ2v) is 9.97. The molecule has 10 heteroatoms. The Bertz CT molecular complexity index is 1660. The number of ether oxygens (including phenoxy) is 3. The number of aromatic nitrogens is 2. The number of ketones is 2. The summed E-state index contributed by atoms with van der Waals surface area (Å²) >= 11 is 1.67. The van der Waals surface area contributed by atoms with Crippen molar-refractivity contribution in [3.63, 3.8) is 0 Å². The second kappa shape index (κ2) is 14.0. The Morgan fingerprint density at radius 1 is 0.929 bits per heavy atom. The van der Waals surface area contributed by atoms with Crippen molar-refractivity contribution in [2.75, 3.05) is 26.6 Å². The van der Waals surface area contributed by atoms with E-state index in [0.717, 1.165) is 27.2 Å². The minimum Gasteiger partial charge on any atom is -0.497 e. The molecular formula is C32H29N3O6S. The van der Waals surface area contributed by atoms with Crippen LogP contribution < -0.4 is 10.1 Å². The van der Waals surface area contributed by atoms with E-state index >= 15 is 0 Å². The summed E-state index contributed by atoms with van der Waals surface area (Å²) in [5, 5.41) is 2.52. The van der Waals surface area contributed by atoms with Crippen LogP contribution in [0.1, 0.15) is 11.5 Å². The molecule has 0 bridgehead atoms. The molecule has 0 aliphatic heterocycles. The lowest BCUT2D eigenvalue weighted by molar-refractivity contribution is -0.117. The van der Waals surface area contributed by atoms with Crippen LogP contribution in [-0.2, 0) is 19.1 Å². The van der Waals surface area contributed by atoms with Gasteiger partial charge in [0.2, 0.25) is 11.7 Å². The fourth-order valence-corrected chi connectivity index (χ4v) is 4.98. The third kappa shape index (κ3) is 7.35. The highest BCUT2D eigenvalue weighted by molar-refractivity contribution is 7.99. The van der Waals surface area contributed by atoms with Gasteiger partial charge in [-0.2, -0.15) is 0 Å². The summed E-state index contributed by atoms with van der Waals surface area (Å²) < 4.78 is 14.5. The molecule has 1 aromatic heterocycles. The van der Waals surface area contributed by atoms with Crippen molar-refractivity contribution in [3.05, 3.63) is 114 Å². The van der Waals surface area contributed by atoms with Crippen molar-refractivity contribution in [1.82, 2.24) is 9.97 Å². The topological polar surface area (TPSA) is 120 Å². The zero-order valence-corrected chi connectivity index (χ0v) is 24.1. The Labute approximate surface area is 247 Å². The van der Waals surface area contributed by atoms with E-state index in [0.29, 0.717) is 11.5 Å². The Balaban J connectivity index is 0.000000193. The van der Waals surface area contributed by atoms with Crippen molar-refractivity contribution in [2.45, 2.75) is 15.7 Å². The number of hydrogen-bond donors (Lipinski definition) is 2. The zero-order valence-electron chi connectivity index (χ0n) is 23.2. The lowest BCUT2D eigenvalue weighted by Gasteiger charge is -2.18. The lowest BCUT2D eigenvalue weighted by Crippen LogP contribution is -2.18. The highest BCUT2D eigenvalue weighted by Crippen LogP contribution is 2.31. The number of H-pyrrole nitrogens is 1. The van der Waals surface area contributed by atoms with Crippen molar-refractivity contribution in [2.24, 2.45) is 0 Å². The van der Waals surface area contributed by atoms with Crippen LogP contribution in [0, 0.1) is 0 Å². The van der Waals surface area contributed by atoms with Gasteiger partial charge in [0, 0.05) is 27.4 Å². The van der Waals surface area contributed by atoms with Crippen molar-refractivity contribution in [3.8, 4) is 5.75 Å². The molecule has 1 aliphatic carbocycles. The zero-order chi connectivity index (χ0) is 30.1. The molecule has 1 heterocycles. The molecule has 0 fully saturated rings. The lowest BCUT2D eigenvalue weighted by atomic mass is 9.85. The van der Waals surface area contributed by atoms with Crippen LogP contribution in [0.15, 0.2) is 119 Å². The number of nitrogens with one attached hydrogen (secondary N) is 2. The Hall–Kier alpha value is -5.09. The van der Waals surface area contributed by atoms with Gasteiger partial charge in [0.25, 0.3) is 0 Å². The van der Waals surface area contributed by atoms with E-state index in [1.54, 1.807) is 37.1 Å². The molecule has 5 rings (SSSR count). The number of hydrogen-bond acceptors (Lipinski definition) is 8. The van der Waals surface area contributed by atoms with E-state index < -0.39 is 6.09 Å². The number of allylic oxidation sites excluding steroid dienone is 4. The average Bonchev–Trinajstić information content (AvgIpc) is 3.41. The normalized spacial score (nSPS) is 13.2. The second-order valence-electron chi connectivity index (χ2n) is 8.82. The predicted molar refractivity (Wildman–Crippen MR) is 162 cm³/mol. The smallest absolute Gasteiger partial charge is 0.413 e. The Kier molecular flexibility index (Phi) is 9.96. The molecule has 4 aromatic rings. The predicted octanol–water partition coefficient (Wildman–Crippen LogP) is 6.47. The highest BCUT2D eigenvalue weighted by Gasteiger charge is 2.26. The maximum absolute atomic E-state index is 12.2. The number of benzene rings is 3. The van der Waals surface area contributed by atoms with Gasteiger partial charge in [0.05, 0.1) is 32.4 Å². The van der Waals surface area contributed by atoms with Gasteiger partial charge >= 0.3 is 6.09 Å². The SMILES string of the molecule is C=CC(C1=CC(=O)C(OC)=CC1=O)c1ccc(OC)cc1.COC(=O)Nc1nc2ccc(Sc3ccccc3)cc2[nH]1. The van der Waals surface area contributed by atoms with Crippen LogP contribution in [-0.4, -0.2) is 49.0 Å². The summed E-state index contributed by atoms with van der Waals surface area (Å²) in [5.74, 6) is 0.254. The van der Waals surface area contributed by atoms with E-state index in [1.165, 1.54) is 31.3 Å². The first-order valence-corrected chi connectivity index (χ1v) is 13.6. The van der Waals surface area contributed by atoms with Gasteiger partial charge in [-0.05, 0) is 54.1 Å². The maximum atomic E-state index is 12.2. The quantitative estimate of drug-likeness (QED) is 0.179. The molecule has 1 atom stereocenters. The molecule has 42 heavy (non-hydrogen) atoms. The number of aromatic amines is 1. The molecule has 1 amide bonds. The van der Waals surface area contributed by atoms with Crippen LogP contribution in [0.4, 0.5) is 10.7 Å². The first-order valence-electron chi connectivity index (χ1n) is 12.7. The number of rotatable bonds is 8. The van der Waals surface area contributed by atoms with Gasteiger partial charge in [-0.25, -0.2) is 9.78 Å². The van der Waals surface area contributed by atoms with Crippen molar-refractivity contribution in [1.29, 1.82) is 0 Å². The summed E-state index contributed by atoms with van der Waals surface area (Å²) in [7, 11) is 4.26. The molecule has 1 unspecified atom stereocenters. The van der Waals surface area contributed by atoms with E-state index in [1.807, 2.05) is 48.5 Å². The average molecular weight is 584 g/mol. The summed E-state index contributed by atoms with van der Waals surface area (Å²) in [6.07, 6.45) is 3.63. The van der Waals surface area contributed by atoms with E-state index in [9.17, 15) is 14.4 Å². The van der Waals surface area contributed by atoms with E-state index in [-0.39, 0.29) is 23.2 Å². The molecule has 3 aromatic carbocycles. The molecule has 2 N–H and O–H groups in total. The fraction of sp³-hybridized carbons (Fsp3) is 0.125. The minimum atomic E-state index is -0.548. The third-order valence-corrected chi connectivity index (χ3v) is 7.18. The Morgan fingerprint density at radius 2 is 1.67 bits per heavy atom. The number of carbonyl (C=O) groups excluding carboxylic acids is 3. The molecule has 0 spiro atoms. The number of anilines is 1. The molecule has 0 radical (unpaired) electrons. The van der Waals surface area contributed by atoms with Crippen molar-refractivity contribution >= 4 is 46.4 Å². The van der Waals surface area contributed by atoms with E-state index in [4.69, 9.17) is 9.47 Å². The summed E-state index contributed by atoms with van der Waals surface area (Å²) in [6.45, 7) is 3.77. The third-order valence-electron chi connectivity index (χ3n) is 6.18. The molecule has 0 saturated heterocycles. The van der Waals surface area contributed by atoms with Crippen LogP contribution in [0.3, 0.4) is 0 Å². The number of nitrogens with zero attached hydrogens (tertiary/aromatic N) is 1. The van der Waals surface area contributed by atoms with Crippen LogP contribution in [0.2, 0.25) is 0 Å². The summed E-state index contributed by atoms with van der Waals surface area (Å²) in [6, 6.07) is 23.4. The monoisotopic (exact) mass is 583 g/mol. The molecule has 1 aliphatic rings. The van der Waals surface area contributed by atoms with Gasteiger partial charge in [0.1, 0.15) is 5.75 Å². The molecular weight excluding hydrogens is 554 g/mol. The largest absolute Gasteiger partial charge is 0.497 e. The van der Waals surface area contributed by atoms with Crippen molar-refractivity contribution < 1.29 is 28.6 Å². The maximum Gasteiger partial charge on any atom is 0.413 e. The van der Waals surface area contributed by atoms with Gasteiger partial charge < -0.3 is 19.2 Å².